The highest BCUT2D eigenvalue weighted by molar-refractivity contribution is 7.91. The lowest BCUT2D eigenvalue weighted by Gasteiger charge is -2.37. The van der Waals surface area contributed by atoms with Crippen molar-refractivity contribution in [2.24, 2.45) is 0 Å². The van der Waals surface area contributed by atoms with Crippen LogP contribution in [-0.2, 0) is 14.6 Å². The molecule has 2 fully saturated rings. The molecule has 28 heavy (non-hydrogen) atoms. The van der Waals surface area contributed by atoms with E-state index >= 15 is 0 Å². The molecule has 1 aromatic rings. The lowest BCUT2D eigenvalue weighted by molar-refractivity contribution is -0.127. The summed E-state index contributed by atoms with van der Waals surface area (Å²) in [6, 6.07) is 5.79. The number of sulfone groups is 1. The molecule has 152 valence electrons. The summed E-state index contributed by atoms with van der Waals surface area (Å²) in [5.41, 5.74) is 0.896. The summed E-state index contributed by atoms with van der Waals surface area (Å²) < 4.78 is 34.6. The molecular formula is C20H26N2O5S. The summed E-state index contributed by atoms with van der Waals surface area (Å²) in [5, 5.41) is 0. The summed E-state index contributed by atoms with van der Waals surface area (Å²) in [7, 11) is -2.88. The Hall–Kier alpha value is -2.06. The van der Waals surface area contributed by atoms with Crippen LogP contribution in [0.15, 0.2) is 24.3 Å². The fraction of sp³-hybridized carbons (Fsp3) is 0.550. The maximum Gasteiger partial charge on any atom is 0.246 e. The van der Waals surface area contributed by atoms with Crippen molar-refractivity contribution in [1.82, 2.24) is 9.80 Å². The van der Waals surface area contributed by atoms with Crippen molar-refractivity contribution < 1.29 is 22.7 Å². The van der Waals surface area contributed by atoms with Gasteiger partial charge in [-0.05, 0) is 30.2 Å². The minimum Gasteiger partial charge on any atom is -0.490 e. The van der Waals surface area contributed by atoms with Gasteiger partial charge >= 0.3 is 0 Å². The minimum absolute atomic E-state index is 0.0224. The van der Waals surface area contributed by atoms with Crippen LogP contribution in [0.2, 0.25) is 0 Å². The van der Waals surface area contributed by atoms with Gasteiger partial charge in [0.05, 0.1) is 24.7 Å². The number of hydrogen-bond acceptors (Lipinski definition) is 6. The van der Waals surface area contributed by atoms with Gasteiger partial charge in [-0.15, -0.1) is 0 Å². The molecule has 0 N–H and O–H groups in total. The highest BCUT2D eigenvalue weighted by atomic mass is 32.2. The van der Waals surface area contributed by atoms with Gasteiger partial charge in [-0.1, -0.05) is 6.07 Å². The molecule has 0 bridgehead atoms. The van der Waals surface area contributed by atoms with Crippen molar-refractivity contribution in [3.05, 3.63) is 29.8 Å². The first-order chi connectivity index (χ1) is 13.5. The highest BCUT2D eigenvalue weighted by Crippen LogP contribution is 2.30. The van der Waals surface area contributed by atoms with Gasteiger partial charge in [0, 0.05) is 44.7 Å². The number of fused-ring (bicyclic) bond motifs is 1. The van der Waals surface area contributed by atoms with Gasteiger partial charge in [-0.25, -0.2) is 8.42 Å². The van der Waals surface area contributed by atoms with Gasteiger partial charge in [0.25, 0.3) is 0 Å². The Bertz CT molecular complexity index is 859. The van der Waals surface area contributed by atoms with Crippen LogP contribution in [-0.4, -0.2) is 81.1 Å². The van der Waals surface area contributed by atoms with Crippen LogP contribution in [0.3, 0.4) is 0 Å². The van der Waals surface area contributed by atoms with Gasteiger partial charge in [0.2, 0.25) is 5.91 Å². The zero-order chi connectivity index (χ0) is 19.6. The first-order valence-corrected chi connectivity index (χ1v) is 11.6. The third-order valence-corrected chi connectivity index (χ3v) is 7.29. The second-order valence-corrected chi connectivity index (χ2v) is 9.74. The third kappa shape index (κ3) is 4.50. The van der Waals surface area contributed by atoms with Gasteiger partial charge < -0.3 is 14.4 Å². The Labute approximate surface area is 165 Å². The smallest absolute Gasteiger partial charge is 0.246 e. The second kappa shape index (κ2) is 8.13. The van der Waals surface area contributed by atoms with Crippen LogP contribution in [0.4, 0.5) is 0 Å². The molecule has 1 atom stereocenters. The molecule has 3 aliphatic heterocycles. The summed E-state index contributed by atoms with van der Waals surface area (Å²) in [5.74, 6) is 1.98. The number of rotatable bonds is 3. The maximum atomic E-state index is 12.5. The van der Waals surface area contributed by atoms with E-state index in [2.05, 4.69) is 4.90 Å². The molecule has 3 heterocycles. The molecule has 1 aromatic carbocycles. The quantitative estimate of drug-likeness (QED) is 0.702. The predicted molar refractivity (Wildman–Crippen MR) is 106 cm³/mol. The largest absolute Gasteiger partial charge is 0.490 e. The van der Waals surface area contributed by atoms with E-state index in [-0.39, 0.29) is 23.5 Å². The summed E-state index contributed by atoms with van der Waals surface area (Å²) in [6.45, 7) is 3.99. The summed E-state index contributed by atoms with van der Waals surface area (Å²) in [4.78, 5) is 16.5. The Morgan fingerprint density at radius 3 is 2.54 bits per heavy atom. The van der Waals surface area contributed by atoms with Crippen molar-refractivity contribution in [2.45, 2.75) is 18.9 Å². The minimum atomic E-state index is -2.88. The molecular weight excluding hydrogens is 380 g/mol. The SMILES string of the molecule is O=C(/C=C/c1ccc2c(c1)OCCCO2)N1CCN(C2CCS(=O)(=O)C2)CC1. The van der Waals surface area contributed by atoms with E-state index in [0.717, 1.165) is 30.8 Å². The van der Waals surface area contributed by atoms with Crippen LogP contribution in [0.5, 0.6) is 11.5 Å². The van der Waals surface area contributed by atoms with Gasteiger partial charge in [0.1, 0.15) is 0 Å². The third-order valence-electron chi connectivity index (χ3n) is 5.54. The van der Waals surface area contributed by atoms with Crippen molar-refractivity contribution in [1.29, 1.82) is 0 Å². The Morgan fingerprint density at radius 2 is 1.82 bits per heavy atom. The van der Waals surface area contributed by atoms with Gasteiger partial charge in [-0.3, -0.25) is 9.69 Å². The van der Waals surface area contributed by atoms with E-state index in [1.165, 1.54) is 0 Å². The van der Waals surface area contributed by atoms with Crippen LogP contribution in [0.1, 0.15) is 18.4 Å². The first kappa shape index (κ1) is 19.3. The number of nitrogens with zero attached hydrogens (tertiary/aromatic N) is 2. The second-order valence-electron chi connectivity index (χ2n) is 7.51. The number of benzene rings is 1. The van der Waals surface area contributed by atoms with E-state index in [9.17, 15) is 13.2 Å². The van der Waals surface area contributed by atoms with E-state index in [0.29, 0.717) is 38.5 Å². The molecule has 8 heteroatoms. The molecule has 7 nitrogen and oxygen atoms in total. The number of piperazine rings is 1. The standard InChI is InChI=1S/C20H26N2O5S/c23-20(5-3-16-2-4-18-19(14-16)27-12-1-11-26-18)22-9-7-21(8-10-22)17-6-13-28(24,25)15-17/h2-5,14,17H,1,6-13,15H2/b5-3+. The van der Waals surface area contributed by atoms with Crippen LogP contribution in [0, 0.1) is 0 Å². The first-order valence-electron chi connectivity index (χ1n) is 9.81. The molecule has 1 unspecified atom stereocenters. The molecule has 0 aromatic heterocycles. The lowest BCUT2D eigenvalue weighted by atomic mass is 10.1. The molecule has 0 saturated carbocycles. The average Bonchev–Trinajstić information content (AvgIpc) is 2.91. The molecule has 0 aliphatic carbocycles. The molecule has 1 amide bonds. The molecule has 0 spiro atoms. The molecule has 3 aliphatic rings. The number of carbonyl (C=O) groups excluding carboxylic acids is 1. The van der Waals surface area contributed by atoms with Crippen molar-refractivity contribution in [3.63, 3.8) is 0 Å². The number of ether oxygens (including phenoxy) is 2. The van der Waals surface area contributed by atoms with E-state index in [1.54, 1.807) is 12.2 Å². The summed E-state index contributed by atoms with van der Waals surface area (Å²) in [6.07, 6.45) is 4.96. The lowest BCUT2D eigenvalue weighted by Crippen LogP contribution is -2.52. The number of carbonyl (C=O) groups is 1. The summed E-state index contributed by atoms with van der Waals surface area (Å²) >= 11 is 0. The predicted octanol–water partition coefficient (Wildman–Crippen LogP) is 1.19. The Balaban J connectivity index is 1.31. The Morgan fingerprint density at radius 1 is 1.07 bits per heavy atom. The van der Waals surface area contributed by atoms with Crippen LogP contribution < -0.4 is 9.47 Å². The number of hydrogen-bond donors (Lipinski definition) is 0. The van der Waals surface area contributed by atoms with E-state index in [4.69, 9.17) is 9.47 Å². The van der Waals surface area contributed by atoms with Crippen molar-refractivity contribution >= 4 is 21.8 Å². The van der Waals surface area contributed by atoms with Gasteiger partial charge in [0.15, 0.2) is 21.3 Å². The zero-order valence-corrected chi connectivity index (χ0v) is 16.7. The monoisotopic (exact) mass is 406 g/mol. The van der Waals surface area contributed by atoms with Crippen molar-refractivity contribution in [2.75, 3.05) is 50.9 Å². The normalized spacial score (nSPS) is 25.0. The van der Waals surface area contributed by atoms with Crippen LogP contribution >= 0.6 is 0 Å². The molecule has 2 saturated heterocycles. The van der Waals surface area contributed by atoms with Crippen LogP contribution in [0.25, 0.3) is 6.08 Å². The average molecular weight is 407 g/mol. The van der Waals surface area contributed by atoms with Gasteiger partial charge in [-0.2, -0.15) is 0 Å². The fourth-order valence-corrected chi connectivity index (χ4v) is 5.69. The van der Waals surface area contributed by atoms with Crippen molar-refractivity contribution in [3.8, 4) is 11.5 Å². The topological polar surface area (TPSA) is 76.2 Å². The molecule has 4 rings (SSSR count). The highest BCUT2D eigenvalue weighted by Gasteiger charge is 2.34. The Kier molecular flexibility index (Phi) is 5.59. The maximum absolute atomic E-state index is 12.5. The molecule has 0 radical (unpaired) electrons. The number of amides is 1. The van der Waals surface area contributed by atoms with E-state index in [1.807, 2.05) is 23.1 Å². The zero-order valence-electron chi connectivity index (χ0n) is 15.9. The van der Waals surface area contributed by atoms with E-state index < -0.39 is 9.84 Å². The fourth-order valence-electron chi connectivity index (χ4n) is 3.93.